The Morgan fingerprint density at radius 3 is 2.57 bits per heavy atom. The highest BCUT2D eigenvalue weighted by molar-refractivity contribution is 7.91. The number of rotatable bonds is 10. The number of hydrogen-bond acceptors (Lipinski definition) is 7. The zero-order valence-corrected chi connectivity index (χ0v) is 18.3. The van der Waals surface area contributed by atoms with Gasteiger partial charge in [-0.25, -0.2) is 8.42 Å². The molecule has 164 valence electrons. The zero-order chi connectivity index (χ0) is 21.6. The molecule has 1 heterocycles. The molecule has 0 aliphatic carbocycles. The van der Waals surface area contributed by atoms with Gasteiger partial charge < -0.3 is 19.9 Å². The van der Waals surface area contributed by atoms with Crippen LogP contribution in [0.25, 0.3) is 0 Å². The van der Waals surface area contributed by atoms with Crippen molar-refractivity contribution >= 4 is 9.84 Å². The summed E-state index contributed by atoms with van der Waals surface area (Å²) < 4.78 is 35.5. The Kier molecular flexibility index (Phi) is 7.71. The third kappa shape index (κ3) is 5.72. The van der Waals surface area contributed by atoms with E-state index < -0.39 is 15.9 Å². The van der Waals surface area contributed by atoms with Gasteiger partial charge >= 0.3 is 0 Å². The van der Waals surface area contributed by atoms with Gasteiger partial charge in [-0.15, -0.1) is 0 Å². The zero-order valence-electron chi connectivity index (χ0n) is 17.5. The molecule has 0 saturated heterocycles. The van der Waals surface area contributed by atoms with Crippen LogP contribution in [-0.2, 0) is 22.8 Å². The molecule has 0 bridgehead atoms. The van der Waals surface area contributed by atoms with E-state index in [4.69, 9.17) is 9.47 Å². The van der Waals surface area contributed by atoms with Crippen molar-refractivity contribution in [2.24, 2.45) is 0 Å². The molecule has 30 heavy (non-hydrogen) atoms. The van der Waals surface area contributed by atoms with Gasteiger partial charge in [0.2, 0.25) is 0 Å². The molecule has 2 aromatic carbocycles. The van der Waals surface area contributed by atoms with Gasteiger partial charge in [-0.2, -0.15) is 0 Å². The number of aliphatic hydroxyl groups excluding tert-OH is 1. The molecule has 0 amide bonds. The summed E-state index contributed by atoms with van der Waals surface area (Å²) in [5.41, 5.74) is 2.69. The lowest BCUT2D eigenvalue weighted by Crippen LogP contribution is -2.41. The minimum absolute atomic E-state index is 0.0632. The van der Waals surface area contributed by atoms with E-state index in [2.05, 4.69) is 28.4 Å². The molecule has 7 nitrogen and oxygen atoms in total. The summed E-state index contributed by atoms with van der Waals surface area (Å²) in [6.45, 7) is 2.92. The van der Waals surface area contributed by atoms with Crippen LogP contribution in [0, 0.1) is 0 Å². The molecule has 1 aliphatic rings. The molecule has 2 N–H and O–H groups in total. The predicted octanol–water partition coefficient (Wildman–Crippen LogP) is 1.49. The van der Waals surface area contributed by atoms with Crippen molar-refractivity contribution in [1.82, 2.24) is 10.2 Å². The molecule has 3 rings (SSSR count). The summed E-state index contributed by atoms with van der Waals surface area (Å²) in [6, 6.07) is 13.0. The average Bonchev–Trinajstić information content (AvgIpc) is 2.76. The van der Waals surface area contributed by atoms with E-state index in [1.165, 1.54) is 37.5 Å². The Hall–Kier alpha value is -2.13. The van der Waals surface area contributed by atoms with Crippen molar-refractivity contribution in [2.45, 2.75) is 24.0 Å². The van der Waals surface area contributed by atoms with Crippen LogP contribution < -0.4 is 14.8 Å². The third-order valence-electron chi connectivity index (χ3n) is 5.32. The molecular weight excluding hydrogens is 404 g/mol. The summed E-state index contributed by atoms with van der Waals surface area (Å²) >= 11 is 0. The highest BCUT2D eigenvalue weighted by atomic mass is 32.2. The fraction of sp³-hybridized carbons (Fsp3) is 0.455. The molecule has 1 atom stereocenters. The predicted molar refractivity (Wildman–Crippen MR) is 116 cm³/mol. The number of fused-ring (bicyclic) bond motifs is 1. The van der Waals surface area contributed by atoms with Gasteiger partial charge in [0, 0.05) is 38.8 Å². The van der Waals surface area contributed by atoms with Gasteiger partial charge in [0.1, 0.15) is 0 Å². The van der Waals surface area contributed by atoms with E-state index in [-0.39, 0.29) is 17.2 Å². The van der Waals surface area contributed by atoms with Crippen LogP contribution in [0.15, 0.2) is 47.4 Å². The van der Waals surface area contributed by atoms with Crippen molar-refractivity contribution < 1.29 is 23.0 Å². The second kappa shape index (κ2) is 10.3. The third-order valence-corrected chi connectivity index (χ3v) is 7.03. The lowest BCUT2D eigenvalue weighted by molar-refractivity contribution is 0.105. The van der Waals surface area contributed by atoms with Crippen molar-refractivity contribution in [3.05, 3.63) is 53.6 Å². The van der Waals surface area contributed by atoms with E-state index in [1.807, 2.05) is 6.07 Å². The normalized spacial score (nSPS) is 15.4. The van der Waals surface area contributed by atoms with Crippen LogP contribution in [0.3, 0.4) is 0 Å². The molecule has 1 unspecified atom stereocenters. The van der Waals surface area contributed by atoms with Crippen molar-refractivity contribution in [1.29, 1.82) is 0 Å². The van der Waals surface area contributed by atoms with Gasteiger partial charge in [0.15, 0.2) is 21.3 Å². The number of ether oxygens (including phenoxy) is 2. The molecule has 0 radical (unpaired) electrons. The smallest absolute Gasteiger partial charge is 0.179 e. The van der Waals surface area contributed by atoms with Crippen LogP contribution in [0.1, 0.15) is 11.1 Å². The Bertz CT molecular complexity index is 948. The number of methoxy groups -OCH3 is 2. The van der Waals surface area contributed by atoms with Gasteiger partial charge in [-0.05, 0) is 29.7 Å². The molecule has 0 aromatic heterocycles. The number of β-amino-alcohol motifs (C(OH)–C–C–N with tert-alkyl or cyclic N) is 1. The second-order valence-electron chi connectivity index (χ2n) is 7.45. The van der Waals surface area contributed by atoms with E-state index in [0.29, 0.717) is 24.6 Å². The van der Waals surface area contributed by atoms with Gasteiger partial charge in [-0.1, -0.05) is 24.3 Å². The number of hydrogen-bond donors (Lipinski definition) is 2. The molecule has 0 spiro atoms. The number of sulfone groups is 1. The second-order valence-corrected chi connectivity index (χ2v) is 9.56. The molecule has 8 heteroatoms. The van der Waals surface area contributed by atoms with E-state index in [9.17, 15) is 13.5 Å². The fourth-order valence-electron chi connectivity index (χ4n) is 3.68. The summed E-state index contributed by atoms with van der Waals surface area (Å²) in [6.07, 6.45) is 0.430. The van der Waals surface area contributed by atoms with E-state index >= 15 is 0 Å². The average molecular weight is 435 g/mol. The summed E-state index contributed by atoms with van der Waals surface area (Å²) in [5, 5.41) is 13.4. The maximum atomic E-state index is 12.6. The summed E-state index contributed by atoms with van der Waals surface area (Å²) in [7, 11) is -0.492. The largest absolute Gasteiger partial charge is 0.493 e. The van der Waals surface area contributed by atoms with Crippen molar-refractivity contribution in [3.8, 4) is 11.5 Å². The minimum Gasteiger partial charge on any atom is -0.493 e. The van der Waals surface area contributed by atoms with Gasteiger partial charge in [-0.3, -0.25) is 4.90 Å². The maximum Gasteiger partial charge on any atom is 0.179 e. The molecule has 0 fully saturated rings. The number of nitrogens with one attached hydrogen (secondary N) is 1. The Labute approximate surface area is 178 Å². The molecule has 0 saturated carbocycles. The summed E-state index contributed by atoms with van der Waals surface area (Å²) in [4.78, 5) is 2.42. The molecule has 2 aromatic rings. The monoisotopic (exact) mass is 434 g/mol. The maximum absolute atomic E-state index is 12.6. The molecular formula is C22H30N2O5S. The molecule has 1 aliphatic heterocycles. The fourth-order valence-corrected chi connectivity index (χ4v) is 4.89. The highest BCUT2D eigenvalue weighted by Crippen LogP contribution is 2.29. The first kappa shape index (κ1) is 22.6. The van der Waals surface area contributed by atoms with Gasteiger partial charge in [0.25, 0.3) is 0 Å². The standard InChI is InChI=1S/C22H30N2O5S/c1-28-21-8-7-20(13-22(21)29-2)30(26,27)12-10-23-14-19(25)16-24-11-9-17-5-3-4-6-18(17)15-24/h3-8,13,19,23,25H,9-12,14-16H2,1-2H3. The van der Waals surface area contributed by atoms with E-state index in [1.54, 1.807) is 6.07 Å². The van der Waals surface area contributed by atoms with Crippen LogP contribution in [-0.4, -0.2) is 70.7 Å². The van der Waals surface area contributed by atoms with Gasteiger partial charge in [0.05, 0.1) is 31.0 Å². The van der Waals surface area contributed by atoms with Crippen LogP contribution in [0.4, 0.5) is 0 Å². The Morgan fingerprint density at radius 2 is 1.83 bits per heavy atom. The van der Waals surface area contributed by atoms with Crippen molar-refractivity contribution in [3.63, 3.8) is 0 Å². The van der Waals surface area contributed by atoms with Crippen LogP contribution in [0.2, 0.25) is 0 Å². The van der Waals surface area contributed by atoms with Crippen LogP contribution in [0.5, 0.6) is 11.5 Å². The highest BCUT2D eigenvalue weighted by Gasteiger charge is 2.19. The first-order chi connectivity index (χ1) is 14.4. The Balaban J connectivity index is 1.44. The van der Waals surface area contributed by atoms with Crippen molar-refractivity contribution in [2.75, 3.05) is 46.2 Å². The summed E-state index contributed by atoms with van der Waals surface area (Å²) in [5.74, 6) is 0.801. The Morgan fingerprint density at radius 1 is 1.10 bits per heavy atom. The topological polar surface area (TPSA) is 88.1 Å². The number of benzene rings is 2. The lowest BCUT2D eigenvalue weighted by Gasteiger charge is -2.30. The van der Waals surface area contributed by atoms with E-state index in [0.717, 1.165) is 19.5 Å². The quantitative estimate of drug-likeness (QED) is 0.548. The minimum atomic E-state index is -3.47. The number of nitrogens with zero attached hydrogens (tertiary/aromatic N) is 1. The van der Waals surface area contributed by atoms with Crippen LogP contribution >= 0.6 is 0 Å². The SMILES string of the molecule is COc1ccc(S(=O)(=O)CCNCC(O)CN2CCc3ccccc3C2)cc1OC. The first-order valence-electron chi connectivity index (χ1n) is 10.1. The number of aliphatic hydroxyl groups is 1. The first-order valence-corrected chi connectivity index (χ1v) is 11.7. The lowest BCUT2D eigenvalue weighted by atomic mass is 10.00.